The van der Waals surface area contributed by atoms with E-state index in [2.05, 4.69) is 0 Å². The van der Waals surface area contributed by atoms with Gasteiger partial charge in [0.05, 0.1) is 6.10 Å². The van der Waals surface area contributed by atoms with Crippen LogP contribution in [0.4, 0.5) is 0 Å². The van der Waals surface area contributed by atoms with Crippen molar-refractivity contribution < 1.29 is 9.90 Å². The van der Waals surface area contributed by atoms with Crippen LogP contribution in [0.5, 0.6) is 0 Å². The van der Waals surface area contributed by atoms with Crippen LogP contribution in [0.2, 0.25) is 10.0 Å². The van der Waals surface area contributed by atoms with Crippen molar-refractivity contribution in [3.05, 3.63) is 39.9 Å². The largest absolute Gasteiger partial charge is 0.392 e. The summed E-state index contributed by atoms with van der Waals surface area (Å²) in [5.74, 6) is -0.188. The summed E-state index contributed by atoms with van der Waals surface area (Å²) in [5, 5.41) is 10.2. The lowest BCUT2D eigenvalue weighted by atomic mass is 10.2. The number of benzene rings is 1. The summed E-state index contributed by atoms with van der Waals surface area (Å²) in [4.78, 5) is 13.1. The van der Waals surface area contributed by atoms with Gasteiger partial charge in [0, 0.05) is 29.7 Å². The molecule has 0 spiro atoms. The Morgan fingerprint density at radius 1 is 1.39 bits per heavy atom. The van der Waals surface area contributed by atoms with Crippen molar-refractivity contribution in [2.75, 3.05) is 13.6 Å². The quantitative estimate of drug-likeness (QED) is 0.865. The first-order valence-electron chi connectivity index (χ1n) is 5.46. The molecule has 0 aliphatic carbocycles. The average Bonchev–Trinajstić information content (AvgIpc) is 2.23. The number of amides is 1. The van der Waals surface area contributed by atoms with Crippen molar-refractivity contribution in [3.8, 4) is 0 Å². The van der Waals surface area contributed by atoms with Crippen LogP contribution in [-0.4, -0.2) is 35.6 Å². The molecule has 18 heavy (non-hydrogen) atoms. The molecule has 1 unspecified atom stereocenters. The minimum atomic E-state index is -0.548. The zero-order chi connectivity index (χ0) is 13.7. The Balaban J connectivity index is 2.71. The summed E-state index contributed by atoms with van der Waals surface area (Å²) in [7, 11) is 1.63. The van der Waals surface area contributed by atoms with Crippen molar-refractivity contribution in [2.45, 2.75) is 13.0 Å². The van der Waals surface area contributed by atoms with Crippen LogP contribution in [0.15, 0.2) is 24.3 Å². The minimum absolute atomic E-state index is 0.188. The molecule has 0 bridgehead atoms. The third-order valence-electron chi connectivity index (χ3n) is 2.22. The van der Waals surface area contributed by atoms with Gasteiger partial charge in [-0.05, 0) is 36.8 Å². The maximum absolute atomic E-state index is 11.7. The maximum Gasteiger partial charge on any atom is 0.246 e. The second kappa shape index (κ2) is 6.78. The van der Waals surface area contributed by atoms with E-state index in [1.54, 1.807) is 38.2 Å². The summed E-state index contributed by atoms with van der Waals surface area (Å²) >= 11 is 11.7. The molecule has 1 aromatic carbocycles. The average molecular weight is 288 g/mol. The Bertz CT molecular complexity index is 438. The van der Waals surface area contributed by atoms with Crippen molar-refractivity contribution >= 4 is 35.2 Å². The van der Waals surface area contributed by atoms with E-state index in [4.69, 9.17) is 23.2 Å². The van der Waals surface area contributed by atoms with Gasteiger partial charge in [-0.2, -0.15) is 0 Å². The second-order valence-electron chi connectivity index (χ2n) is 4.10. The number of halogens is 2. The molecule has 0 fully saturated rings. The van der Waals surface area contributed by atoms with E-state index < -0.39 is 6.10 Å². The van der Waals surface area contributed by atoms with Gasteiger partial charge < -0.3 is 10.0 Å². The van der Waals surface area contributed by atoms with Gasteiger partial charge in [0.25, 0.3) is 0 Å². The Morgan fingerprint density at radius 2 is 1.94 bits per heavy atom. The summed E-state index contributed by atoms with van der Waals surface area (Å²) in [6.07, 6.45) is 2.51. The molecular weight excluding hydrogens is 273 g/mol. The van der Waals surface area contributed by atoms with Crippen LogP contribution >= 0.6 is 23.2 Å². The molecule has 0 aliphatic heterocycles. The topological polar surface area (TPSA) is 40.5 Å². The number of carbonyl (C=O) groups excluding carboxylic acids is 1. The van der Waals surface area contributed by atoms with Gasteiger partial charge in [-0.15, -0.1) is 0 Å². The van der Waals surface area contributed by atoms with Crippen molar-refractivity contribution in [1.29, 1.82) is 0 Å². The first-order chi connectivity index (χ1) is 8.38. The molecule has 0 saturated heterocycles. The fourth-order valence-electron chi connectivity index (χ4n) is 1.45. The zero-order valence-electron chi connectivity index (χ0n) is 10.2. The van der Waals surface area contributed by atoms with E-state index >= 15 is 0 Å². The van der Waals surface area contributed by atoms with Gasteiger partial charge in [-0.25, -0.2) is 0 Å². The van der Waals surface area contributed by atoms with E-state index in [1.165, 1.54) is 11.0 Å². The molecule has 1 rings (SSSR count). The number of rotatable bonds is 4. The highest BCUT2D eigenvalue weighted by Gasteiger charge is 2.07. The van der Waals surface area contributed by atoms with Gasteiger partial charge in [0.2, 0.25) is 5.91 Å². The molecule has 3 nitrogen and oxygen atoms in total. The molecule has 0 aliphatic rings. The number of hydrogen-bond donors (Lipinski definition) is 1. The number of carbonyl (C=O) groups is 1. The normalized spacial score (nSPS) is 12.7. The van der Waals surface area contributed by atoms with Gasteiger partial charge in [0.1, 0.15) is 0 Å². The van der Waals surface area contributed by atoms with E-state index in [0.29, 0.717) is 16.6 Å². The maximum atomic E-state index is 11.7. The summed E-state index contributed by atoms with van der Waals surface area (Å²) in [6.45, 7) is 1.92. The third kappa shape index (κ3) is 5.08. The van der Waals surface area contributed by atoms with E-state index in [9.17, 15) is 9.90 Å². The molecule has 1 N–H and O–H groups in total. The highest BCUT2D eigenvalue weighted by Crippen LogP contribution is 2.19. The van der Waals surface area contributed by atoms with Crippen molar-refractivity contribution in [3.63, 3.8) is 0 Å². The summed E-state index contributed by atoms with van der Waals surface area (Å²) in [6, 6.07) is 5.06. The first kappa shape index (κ1) is 15.0. The Kier molecular flexibility index (Phi) is 5.66. The number of nitrogens with zero attached hydrogens (tertiary/aromatic N) is 1. The number of aliphatic hydroxyl groups is 1. The molecule has 5 heteroatoms. The van der Waals surface area contributed by atoms with E-state index in [1.807, 2.05) is 0 Å². The molecule has 1 atom stereocenters. The molecule has 0 heterocycles. The zero-order valence-corrected chi connectivity index (χ0v) is 11.7. The van der Waals surface area contributed by atoms with Gasteiger partial charge in [-0.1, -0.05) is 23.2 Å². The molecule has 1 amide bonds. The van der Waals surface area contributed by atoms with Gasteiger partial charge in [-0.3, -0.25) is 4.79 Å². The van der Waals surface area contributed by atoms with Crippen LogP contribution in [-0.2, 0) is 4.79 Å². The second-order valence-corrected chi connectivity index (χ2v) is 4.98. The predicted octanol–water partition coefficient (Wildman–Crippen LogP) is 2.85. The van der Waals surface area contributed by atoms with E-state index in [0.717, 1.165) is 5.56 Å². The monoisotopic (exact) mass is 287 g/mol. The van der Waals surface area contributed by atoms with Gasteiger partial charge >= 0.3 is 0 Å². The molecule has 0 aromatic heterocycles. The molecular formula is C13H15Cl2NO2. The number of hydrogen-bond acceptors (Lipinski definition) is 2. The van der Waals surface area contributed by atoms with Crippen LogP contribution in [0.25, 0.3) is 6.08 Å². The van der Waals surface area contributed by atoms with E-state index in [-0.39, 0.29) is 5.91 Å². The van der Waals surface area contributed by atoms with Crippen LogP contribution in [0.1, 0.15) is 12.5 Å². The molecule has 98 valence electrons. The van der Waals surface area contributed by atoms with Crippen molar-refractivity contribution in [1.82, 2.24) is 4.90 Å². The molecule has 0 radical (unpaired) electrons. The van der Waals surface area contributed by atoms with Crippen LogP contribution in [0, 0.1) is 0 Å². The molecule has 1 aromatic rings. The lowest BCUT2D eigenvalue weighted by Crippen LogP contribution is -2.31. The third-order valence-corrected chi connectivity index (χ3v) is 2.65. The SMILES string of the molecule is CC(O)CN(C)C(=O)C=Cc1cc(Cl)cc(Cl)c1. The Hall–Kier alpha value is -1.03. The smallest absolute Gasteiger partial charge is 0.246 e. The summed E-state index contributed by atoms with van der Waals surface area (Å²) < 4.78 is 0. The predicted molar refractivity (Wildman–Crippen MR) is 74.8 cm³/mol. The number of aliphatic hydroxyl groups excluding tert-OH is 1. The van der Waals surface area contributed by atoms with Gasteiger partial charge in [0.15, 0.2) is 0 Å². The minimum Gasteiger partial charge on any atom is -0.392 e. The fraction of sp³-hybridized carbons (Fsp3) is 0.308. The standard InChI is InChI=1S/C13H15Cl2NO2/c1-9(17)8-16(2)13(18)4-3-10-5-11(14)7-12(15)6-10/h3-7,9,17H,8H2,1-2H3. The molecule has 0 saturated carbocycles. The highest BCUT2D eigenvalue weighted by molar-refractivity contribution is 6.34. The van der Waals surface area contributed by atoms with Crippen LogP contribution < -0.4 is 0 Å². The Labute approximate surface area is 117 Å². The Morgan fingerprint density at radius 3 is 2.44 bits per heavy atom. The lowest BCUT2D eigenvalue weighted by molar-refractivity contribution is -0.125. The van der Waals surface area contributed by atoms with Crippen molar-refractivity contribution in [2.24, 2.45) is 0 Å². The first-order valence-corrected chi connectivity index (χ1v) is 6.21. The summed E-state index contributed by atoms with van der Waals surface area (Å²) in [5.41, 5.74) is 0.756. The fourth-order valence-corrected chi connectivity index (χ4v) is 2.00. The number of likely N-dealkylation sites (N-methyl/N-ethyl adjacent to an activating group) is 1. The highest BCUT2D eigenvalue weighted by atomic mass is 35.5. The van der Waals surface area contributed by atoms with Crippen LogP contribution in [0.3, 0.4) is 0 Å². The lowest BCUT2D eigenvalue weighted by Gasteiger charge is -2.16.